The summed E-state index contributed by atoms with van der Waals surface area (Å²) < 4.78 is 5.27. The predicted octanol–water partition coefficient (Wildman–Crippen LogP) is 3.99. The highest BCUT2D eigenvalue weighted by atomic mass is 32.1. The van der Waals surface area contributed by atoms with E-state index in [2.05, 4.69) is 10.3 Å². The van der Waals surface area contributed by atoms with Crippen molar-refractivity contribution < 1.29 is 19.1 Å². The molecule has 31 heavy (non-hydrogen) atoms. The molecule has 0 fully saturated rings. The molecule has 0 atom stereocenters. The second kappa shape index (κ2) is 9.53. The number of imide groups is 1. The van der Waals surface area contributed by atoms with Gasteiger partial charge in [0.1, 0.15) is 0 Å². The number of carbonyl (C=O) groups excluding carboxylic acids is 3. The molecule has 1 aliphatic heterocycles. The zero-order valence-corrected chi connectivity index (χ0v) is 17.6. The van der Waals surface area contributed by atoms with E-state index in [1.165, 1.54) is 16.2 Å². The lowest BCUT2D eigenvalue weighted by atomic mass is 10.1. The van der Waals surface area contributed by atoms with Crippen LogP contribution in [0.3, 0.4) is 0 Å². The average Bonchev–Trinajstić information content (AvgIpc) is 3.37. The molecular weight excluding hydrogens is 414 g/mol. The summed E-state index contributed by atoms with van der Waals surface area (Å²) in [5.74, 6) is -1.02. The van der Waals surface area contributed by atoms with Crippen molar-refractivity contribution in [1.82, 2.24) is 9.88 Å². The maximum atomic E-state index is 12.3. The molecule has 7 nitrogen and oxygen atoms in total. The van der Waals surface area contributed by atoms with Crippen LogP contribution in [0, 0.1) is 0 Å². The van der Waals surface area contributed by atoms with Crippen molar-refractivity contribution in [1.29, 1.82) is 0 Å². The highest BCUT2D eigenvalue weighted by Crippen LogP contribution is 2.22. The van der Waals surface area contributed by atoms with Crippen LogP contribution in [0.2, 0.25) is 0 Å². The van der Waals surface area contributed by atoms with E-state index in [0.717, 1.165) is 5.56 Å². The molecular formula is C23H21N3O4S. The number of benzene rings is 2. The van der Waals surface area contributed by atoms with Crippen molar-refractivity contribution in [2.24, 2.45) is 0 Å². The first-order chi connectivity index (χ1) is 15.1. The molecule has 2 heterocycles. The quantitative estimate of drug-likeness (QED) is 0.311. The molecule has 158 valence electrons. The molecule has 1 N–H and O–H groups in total. The van der Waals surface area contributed by atoms with Gasteiger partial charge >= 0.3 is 5.97 Å². The van der Waals surface area contributed by atoms with Crippen molar-refractivity contribution in [2.45, 2.75) is 19.4 Å². The lowest BCUT2D eigenvalue weighted by Crippen LogP contribution is -2.30. The normalized spacial score (nSPS) is 12.7. The molecule has 1 aliphatic rings. The molecule has 2 amide bonds. The van der Waals surface area contributed by atoms with Crippen molar-refractivity contribution in [3.05, 3.63) is 82.4 Å². The number of thiazole rings is 1. The standard InChI is InChI=1S/C23H21N3O4S/c27-20-17-10-4-5-11-18(17)21(28)26(20)12-6-7-13-30-22(29)19-15-31-23(25-19)24-14-16-8-2-1-3-9-16/h1-5,8-11,15H,6-7,12-14H2,(H,24,25). The van der Waals surface area contributed by atoms with Gasteiger partial charge in [0.2, 0.25) is 0 Å². The highest BCUT2D eigenvalue weighted by molar-refractivity contribution is 7.13. The lowest BCUT2D eigenvalue weighted by Gasteiger charge is -2.13. The number of carbonyl (C=O) groups is 3. The summed E-state index contributed by atoms with van der Waals surface area (Å²) in [6.45, 7) is 1.13. The lowest BCUT2D eigenvalue weighted by molar-refractivity contribution is 0.0480. The number of rotatable bonds is 9. The number of ether oxygens (including phenoxy) is 1. The Morgan fingerprint density at radius 2 is 1.65 bits per heavy atom. The number of hydrogen-bond donors (Lipinski definition) is 1. The van der Waals surface area contributed by atoms with E-state index in [1.807, 2.05) is 30.3 Å². The van der Waals surface area contributed by atoms with E-state index in [1.54, 1.807) is 29.6 Å². The number of esters is 1. The van der Waals surface area contributed by atoms with Gasteiger partial charge in [-0.2, -0.15) is 0 Å². The van der Waals surface area contributed by atoms with Crippen molar-refractivity contribution in [3.8, 4) is 0 Å². The van der Waals surface area contributed by atoms with Crippen molar-refractivity contribution in [2.75, 3.05) is 18.5 Å². The number of nitrogens with one attached hydrogen (secondary N) is 1. The van der Waals surface area contributed by atoms with Crippen LogP contribution in [0.4, 0.5) is 5.13 Å². The molecule has 3 aromatic rings. The summed E-state index contributed by atoms with van der Waals surface area (Å²) in [7, 11) is 0. The van der Waals surface area contributed by atoms with E-state index in [9.17, 15) is 14.4 Å². The van der Waals surface area contributed by atoms with Crippen LogP contribution in [0.5, 0.6) is 0 Å². The molecule has 0 radical (unpaired) electrons. The molecule has 8 heteroatoms. The van der Waals surface area contributed by atoms with Crippen LogP contribution >= 0.6 is 11.3 Å². The fraction of sp³-hybridized carbons (Fsp3) is 0.217. The topological polar surface area (TPSA) is 88.6 Å². The second-order valence-corrected chi connectivity index (χ2v) is 7.89. The van der Waals surface area contributed by atoms with E-state index in [0.29, 0.717) is 42.2 Å². The minimum absolute atomic E-state index is 0.201. The molecule has 0 aliphatic carbocycles. The maximum Gasteiger partial charge on any atom is 0.357 e. The Balaban J connectivity index is 1.18. The fourth-order valence-electron chi connectivity index (χ4n) is 3.28. The van der Waals surface area contributed by atoms with Gasteiger partial charge in [0.25, 0.3) is 11.8 Å². The molecule has 2 aromatic carbocycles. The van der Waals surface area contributed by atoms with E-state index in [4.69, 9.17) is 4.74 Å². The van der Waals surface area contributed by atoms with Crippen LogP contribution in [-0.4, -0.2) is 40.8 Å². The van der Waals surface area contributed by atoms with Crippen LogP contribution in [0.1, 0.15) is 49.6 Å². The second-order valence-electron chi connectivity index (χ2n) is 7.03. The summed E-state index contributed by atoms with van der Waals surface area (Å²) in [4.78, 5) is 42.3. The van der Waals surface area contributed by atoms with Gasteiger partial charge < -0.3 is 10.1 Å². The Labute approximate surface area is 183 Å². The minimum atomic E-state index is -0.482. The van der Waals surface area contributed by atoms with Gasteiger partial charge in [0.15, 0.2) is 10.8 Å². The summed E-state index contributed by atoms with van der Waals surface area (Å²) in [5, 5.41) is 5.51. The van der Waals surface area contributed by atoms with Gasteiger partial charge in [-0.1, -0.05) is 42.5 Å². The van der Waals surface area contributed by atoms with Gasteiger partial charge in [-0.25, -0.2) is 9.78 Å². The number of aromatic nitrogens is 1. The SMILES string of the molecule is O=C(OCCCCN1C(=O)c2ccccc2C1=O)c1csc(NCc2ccccc2)n1. The Morgan fingerprint density at radius 3 is 2.35 bits per heavy atom. The van der Waals surface area contributed by atoms with Crippen molar-refractivity contribution >= 4 is 34.3 Å². The van der Waals surface area contributed by atoms with E-state index >= 15 is 0 Å². The Morgan fingerprint density at radius 1 is 0.968 bits per heavy atom. The smallest absolute Gasteiger partial charge is 0.357 e. The Bertz CT molecular complexity index is 1060. The van der Waals surface area contributed by atoms with Crippen LogP contribution in [-0.2, 0) is 11.3 Å². The summed E-state index contributed by atoms with van der Waals surface area (Å²) in [6, 6.07) is 16.7. The average molecular weight is 436 g/mol. The van der Waals surface area contributed by atoms with Crippen molar-refractivity contribution in [3.63, 3.8) is 0 Å². The number of unbranched alkanes of at least 4 members (excludes halogenated alkanes) is 1. The molecule has 0 unspecified atom stereocenters. The van der Waals surface area contributed by atoms with Gasteiger partial charge in [-0.15, -0.1) is 11.3 Å². The molecule has 0 bridgehead atoms. The third-order valence-electron chi connectivity index (χ3n) is 4.89. The first-order valence-corrected chi connectivity index (χ1v) is 10.9. The molecule has 0 spiro atoms. The first-order valence-electron chi connectivity index (χ1n) is 9.99. The molecule has 0 saturated heterocycles. The predicted molar refractivity (Wildman–Crippen MR) is 117 cm³/mol. The van der Waals surface area contributed by atoms with E-state index < -0.39 is 5.97 Å². The monoisotopic (exact) mass is 435 g/mol. The largest absolute Gasteiger partial charge is 0.461 e. The van der Waals surface area contributed by atoms with Gasteiger partial charge in [-0.3, -0.25) is 14.5 Å². The third kappa shape index (κ3) is 4.80. The summed E-state index contributed by atoms with van der Waals surface area (Å²) in [5.41, 5.74) is 2.28. The van der Waals surface area contributed by atoms with Crippen LogP contribution in [0.15, 0.2) is 60.0 Å². The Hall–Kier alpha value is -3.52. The number of anilines is 1. The van der Waals surface area contributed by atoms with Crippen LogP contribution < -0.4 is 5.32 Å². The van der Waals surface area contributed by atoms with Gasteiger partial charge in [0.05, 0.1) is 17.7 Å². The molecule has 1 aromatic heterocycles. The number of amides is 2. The van der Waals surface area contributed by atoms with Crippen LogP contribution in [0.25, 0.3) is 0 Å². The number of nitrogens with zero attached hydrogens (tertiary/aromatic N) is 2. The van der Waals surface area contributed by atoms with E-state index in [-0.39, 0.29) is 24.1 Å². The number of fused-ring (bicyclic) bond motifs is 1. The van der Waals surface area contributed by atoms with Gasteiger partial charge in [-0.05, 0) is 30.5 Å². The highest BCUT2D eigenvalue weighted by Gasteiger charge is 2.34. The van der Waals surface area contributed by atoms with Gasteiger partial charge in [0, 0.05) is 18.5 Å². The number of hydrogen-bond acceptors (Lipinski definition) is 7. The Kier molecular flexibility index (Phi) is 6.37. The zero-order chi connectivity index (χ0) is 21.6. The maximum absolute atomic E-state index is 12.3. The fourth-order valence-corrected chi connectivity index (χ4v) is 3.95. The zero-order valence-electron chi connectivity index (χ0n) is 16.7. The summed E-state index contributed by atoms with van der Waals surface area (Å²) in [6.07, 6.45) is 1.10. The molecule has 4 rings (SSSR count). The summed E-state index contributed by atoms with van der Waals surface area (Å²) >= 11 is 1.35. The molecule has 0 saturated carbocycles. The third-order valence-corrected chi connectivity index (χ3v) is 5.69. The first kappa shape index (κ1) is 20.7. The minimum Gasteiger partial charge on any atom is -0.461 e.